The summed E-state index contributed by atoms with van der Waals surface area (Å²) in [6.07, 6.45) is 4.02. The number of nitrogens with zero attached hydrogens (tertiary/aromatic N) is 1. The zero-order chi connectivity index (χ0) is 15.2. The molecule has 0 aromatic carbocycles. The van der Waals surface area contributed by atoms with Crippen LogP contribution in [0.4, 0.5) is 5.00 Å². The van der Waals surface area contributed by atoms with Crippen molar-refractivity contribution in [2.45, 2.75) is 25.7 Å². The number of carbonyl (C=O) groups excluding carboxylic acids is 2. The van der Waals surface area contributed by atoms with Gasteiger partial charge in [0.1, 0.15) is 17.7 Å². The summed E-state index contributed by atoms with van der Waals surface area (Å²) in [7, 11) is 1.37. The zero-order valence-corrected chi connectivity index (χ0v) is 12.5. The van der Waals surface area contributed by atoms with Gasteiger partial charge >= 0.3 is 5.97 Å². The number of anilines is 1. The van der Waals surface area contributed by atoms with Gasteiger partial charge in [-0.15, -0.1) is 11.3 Å². The molecule has 0 saturated heterocycles. The highest BCUT2D eigenvalue weighted by Gasteiger charge is 2.21. The maximum atomic E-state index is 11.8. The van der Waals surface area contributed by atoms with Gasteiger partial charge in [0.25, 0.3) is 5.91 Å². The highest BCUT2D eigenvalue weighted by atomic mass is 32.1. The molecule has 1 aliphatic rings. The van der Waals surface area contributed by atoms with Gasteiger partial charge in [-0.3, -0.25) is 4.79 Å². The fraction of sp³-hybridized carbons (Fsp3) is 0.500. The number of thiophene rings is 1. The van der Waals surface area contributed by atoms with Crippen LogP contribution in [0.3, 0.4) is 0 Å². The summed E-state index contributed by atoms with van der Waals surface area (Å²) in [6, 6.07) is 2.16. The molecule has 0 fully saturated rings. The summed E-state index contributed by atoms with van der Waals surface area (Å²) in [5.41, 5.74) is 1.60. The van der Waals surface area contributed by atoms with Crippen LogP contribution in [0.25, 0.3) is 0 Å². The Morgan fingerprint density at radius 1 is 1.33 bits per heavy atom. The number of ether oxygens (including phenoxy) is 2. The zero-order valence-electron chi connectivity index (χ0n) is 11.7. The molecule has 0 radical (unpaired) electrons. The summed E-state index contributed by atoms with van der Waals surface area (Å²) in [4.78, 5) is 24.0. The van der Waals surface area contributed by atoms with Crippen LogP contribution in [0.15, 0.2) is 0 Å². The van der Waals surface area contributed by atoms with Crippen LogP contribution in [0, 0.1) is 11.3 Å². The van der Waals surface area contributed by atoms with Crippen molar-refractivity contribution in [3.05, 3.63) is 16.0 Å². The molecule has 0 bridgehead atoms. The van der Waals surface area contributed by atoms with Gasteiger partial charge < -0.3 is 14.8 Å². The van der Waals surface area contributed by atoms with Gasteiger partial charge in [-0.25, -0.2) is 4.79 Å². The van der Waals surface area contributed by atoms with Gasteiger partial charge in [0, 0.05) is 12.0 Å². The minimum atomic E-state index is -0.598. The third-order valence-electron chi connectivity index (χ3n) is 3.16. The second-order valence-electron chi connectivity index (χ2n) is 4.67. The predicted molar refractivity (Wildman–Crippen MR) is 77.1 cm³/mol. The Morgan fingerprint density at radius 3 is 2.81 bits per heavy atom. The quantitative estimate of drug-likeness (QED) is 0.835. The van der Waals surface area contributed by atoms with Gasteiger partial charge in [-0.2, -0.15) is 5.26 Å². The topological polar surface area (TPSA) is 88.4 Å². The largest absolute Gasteiger partial charge is 0.454 e. The maximum absolute atomic E-state index is 11.8. The molecule has 0 unspecified atom stereocenters. The Bertz CT molecular complexity index is 589. The molecule has 0 atom stereocenters. The molecule has 7 heteroatoms. The van der Waals surface area contributed by atoms with E-state index in [-0.39, 0.29) is 13.2 Å². The molecule has 1 N–H and O–H groups in total. The average Bonchev–Trinajstić information content (AvgIpc) is 2.82. The molecule has 6 nitrogen and oxygen atoms in total. The number of esters is 1. The number of nitriles is 1. The average molecular weight is 308 g/mol. The third-order valence-corrected chi connectivity index (χ3v) is 4.37. The van der Waals surface area contributed by atoms with E-state index >= 15 is 0 Å². The van der Waals surface area contributed by atoms with E-state index < -0.39 is 11.9 Å². The first kappa shape index (κ1) is 15.5. The van der Waals surface area contributed by atoms with Gasteiger partial charge in [0.2, 0.25) is 0 Å². The van der Waals surface area contributed by atoms with Crippen LogP contribution in [-0.2, 0) is 31.9 Å². The number of amides is 1. The number of fused-ring (bicyclic) bond motifs is 1. The van der Waals surface area contributed by atoms with Crippen molar-refractivity contribution < 1.29 is 19.1 Å². The summed E-state index contributed by atoms with van der Waals surface area (Å²) in [5, 5.41) is 12.5. The number of aryl methyl sites for hydroxylation is 1. The molecule has 2 rings (SSSR count). The Labute approximate surface area is 126 Å². The molecule has 1 aromatic heterocycles. The van der Waals surface area contributed by atoms with Crippen molar-refractivity contribution in [2.75, 3.05) is 25.6 Å². The standard InChI is InChI=1S/C14H16N2O4S/c1-19-8-13(18)20-7-12(17)16-14-10(6-15)9-4-2-3-5-11(9)21-14/h2-5,7-8H2,1H3,(H,16,17). The van der Waals surface area contributed by atoms with Crippen molar-refractivity contribution in [2.24, 2.45) is 0 Å². The number of methoxy groups -OCH3 is 1. The Hall–Kier alpha value is -1.91. The van der Waals surface area contributed by atoms with Crippen molar-refractivity contribution in [1.29, 1.82) is 5.26 Å². The second-order valence-corrected chi connectivity index (χ2v) is 5.77. The number of hydrogen-bond acceptors (Lipinski definition) is 6. The Morgan fingerprint density at radius 2 is 2.10 bits per heavy atom. The van der Waals surface area contributed by atoms with Crippen LogP contribution in [0.5, 0.6) is 0 Å². The first-order valence-corrected chi connectivity index (χ1v) is 7.46. The van der Waals surface area contributed by atoms with Crippen LogP contribution in [0.1, 0.15) is 28.8 Å². The number of nitrogens with one attached hydrogen (secondary N) is 1. The number of hydrogen-bond donors (Lipinski definition) is 1. The fourth-order valence-electron chi connectivity index (χ4n) is 2.24. The van der Waals surface area contributed by atoms with E-state index in [1.54, 1.807) is 0 Å². The molecule has 21 heavy (non-hydrogen) atoms. The maximum Gasteiger partial charge on any atom is 0.332 e. The normalized spacial score (nSPS) is 13.1. The van der Waals surface area contributed by atoms with E-state index in [4.69, 9.17) is 4.74 Å². The van der Waals surface area contributed by atoms with Crippen LogP contribution in [0.2, 0.25) is 0 Å². The fourth-order valence-corrected chi connectivity index (χ4v) is 3.50. The lowest BCUT2D eigenvalue weighted by Gasteiger charge is -2.09. The molecule has 0 aliphatic heterocycles. The van der Waals surface area contributed by atoms with Gasteiger partial charge in [-0.1, -0.05) is 0 Å². The Kier molecular flexibility index (Phi) is 5.31. The lowest BCUT2D eigenvalue weighted by atomic mass is 9.96. The lowest BCUT2D eigenvalue weighted by molar-refractivity contribution is -0.150. The molecular formula is C14H16N2O4S. The van der Waals surface area contributed by atoms with Gasteiger partial charge in [-0.05, 0) is 31.2 Å². The van der Waals surface area contributed by atoms with Crippen molar-refractivity contribution in [3.8, 4) is 6.07 Å². The van der Waals surface area contributed by atoms with E-state index in [0.717, 1.165) is 31.2 Å². The molecule has 0 saturated carbocycles. The summed E-state index contributed by atoms with van der Waals surface area (Å²) >= 11 is 1.44. The third kappa shape index (κ3) is 3.80. The van der Waals surface area contributed by atoms with Crippen molar-refractivity contribution in [3.63, 3.8) is 0 Å². The minimum absolute atomic E-state index is 0.190. The SMILES string of the molecule is COCC(=O)OCC(=O)Nc1sc2c(c1C#N)CCCC2. The van der Waals surface area contributed by atoms with Crippen molar-refractivity contribution in [1.82, 2.24) is 0 Å². The van der Waals surface area contributed by atoms with E-state index in [9.17, 15) is 14.9 Å². The monoisotopic (exact) mass is 308 g/mol. The van der Waals surface area contributed by atoms with E-state index in [2.05, 4.69) is 16.1 Å². The first-order chi connectivity index (χ1) is 10.2. The molecule has 0 spiro atoms. The summed E-state index contributed by atoms with van der Waals surface area (Å²) < 4.78 is 9.34. The van der Waals surface area contributed by atoms with Gasteiger partial charge in [0.15, 0.2) is 6.61 Å². The van der Waals surface area contributed by atoms with Crippen LogP contribution >= 0.6 is 11.3 Å². The van der Waals surface area contributed by atoms with Gasteiger partial charge in [0.05, 0.1) is 5.56 Å². The summed E-state index contributed by atoms with van der Waals surface area (Å²) in [5.74, 6) is -1.05. The predicted octanol–water partition coefficient (Wildman–Crippen LogP) is 1.63. The lowest BCUT2D eigenvalue weighted by Crippen LogP contribution is -2.22. The molecule has 1 amide bonds. The second kappa shape index (κ2) is 7.20. The number of rotatable bonds is 5. The molecule has 112 valence electrons. The molecular weight excluding hydrogens is 292 g/mol. The van der Waals surface area contributed by atoms with Crippen LogP contribution < -0.4 is 5.32 Å². The molecule has 1 heterocycles. The number of carbonyl (C=O) groups is 2. The first-order valence-electron chi connectivity index (χ1n) is 6.64. The van der Waals surface area contributed by atoms with E-state index in [1.807, 2.05) is 0 Å². The minimum Gasteiger partial charge on any atom is -0.454 e. The van der Waals surface area contributed by atoms with E-state index in [0.29, 0.717) is 10.6 Å². The van der Waals surface area contributed by atoms with Crippen molar-refractivity contribution >= 4 is 28.2 Å². The molecule has 1 aromatic rings. The Balaban J connectivity index is 1.99. The molecule has 1 aliphatic carbocycles. The summed E-state index contributed by atoms with van der Waals surface area (Å²) in [6.45, 7) is -0.570. The highest BCUT2D eigenvalue weighted by Crippen LogP contribution is 2.37. The van der Waals surface area contributed by atoms with E-state index in [1.165, 1.54) is 23.3 Å². The van der Waals surface area contributed by atoms with Crippen LogP contribution in [-0.4, -0.2) is 32.2 Å². The highest BCUT2D eigenvalue weighted by molar-refractivity contribution is 7.16. The smallest absolute Gasteiger partial charge is 0.332 e.